The van der Waals surface area contributed by atoms with Crippen molar-refractivity contribution in [1.29, 1.82) is 0 Å². The molecular weight excluding hydrogens is 289 g/mol. The van der Waals surface area contributed by atoms with Crippen LogP contribution >= 0.6 is 23.2 Å². The fourth-order valence-electron chi connectivity index (χ4n) is 2.21. The molecule has 1 saturated heterocycles. The SMILES string of the molecule is CCOC(=O)C1CCCN(c2cc(Cl)nnc2Cl)C1. The first-order valence-corrected chi connectivity index (χ1v) is 6.97. The normalized spacial score (nSPS) is 19.3. The number of hydrogen-bond donors (Lipinski definition) is 0. The lowest BCUT2D eigenvalue weighted by molar-refractivity contribution is -0.148. The van der Waals surface area contributed by atoms with E-state index in [9.17, 15) is 4.79 Å². The second-order valence-electron chi connectivity index (χ2n) is 4.38. The predicted octanol–water partition coefficient (Wildman–Crippen LogP) is 2.56. The summed E-state index contributed by atoms with van der Waals surface area (Å²) in [6.45, 7) is 3.60. The Hall–Kier alpha value is -1.07. The first-order chi connectivity index (χ1) is 9.11. The van der Waals surface area contributed by atoms with E-state index in [2.05, 4.69) is 10.2 Å². The van der Waals surface area contributed by atoms with Crippen LogP contribution in [-0.4, -0.2) is 35.9 Å². The Morgan fingerprint density at radius 3 is 3.05 bits per heavy atom. The number of aromatic nitrogens is 2. The summed E-state index contributed by atoms with van der Waals surface area (Å²) in [7, 11) is 0. The third-order valence-corrected chi connectivity index (χ3v) is 3.54. The Labute approximate surface area is 121 Å². The molecule has 0 aromatic carbocycles. The molecule has 104 valence electrons. The van der Waals surface area contributed by atoms with E-state index in [1.165, 1.54) is 0 Å². The second kappa shape index (κ2) is 6.39. The van der Waals surface area contributed by atoms with Gasteiger partial charge in [0, 0.05) is 19.2 Å². The van der Waals surface area contributed by atoms with E-state index in [1.807, 2.05) is 11.8 Å². The summed E-state index contributed by atoms with van der Waals surface area (Å²) in [6, 6.07) is 1.67. The number of esters is 1. The first kappa shape index (κ1) is 14.3. The number of carbonyl (C=O) groups is 1. The Balaban J connectivity index is 2.12. The van der Waals surface area contributed by atoms with Gasteiger partial charge in [-0.2, -0.15) is 0 Å². The summed E-state index contributed by atoms with van der Waals surface area (Å²) in [5, 5.41) is 8.06. The zero-order valence-corrected chi connectivity index (χ0v) is 12.1. The van der Waals surface area contributed by atoms with Crippen LogP contribution in [0, 0.1) is 5.92 Å². The Bertz CT molecular complexity index is 470. The van der Waals surface area contributed by atoms with E-state index in [0.717, 1.165) is 25.1 Å². The lowest BCUT2D eigenvalue weighted by atomic mass is 9.98. The summed E-state index contributed by atoms with van der Waals surface area (Å²) >= 11 is 11.9. The van der Waals surface area contributed by atoms with Gasteiger partial charge in [0.05, 0.1) is 18.2 Å². The lowest BCUT2D eigenvalue weighted by Crippen LogP contribution is -2.39. The molecule has 0 N–H and O–H groups in total. The van der Waals surface area contributed by atoms with Crippen molar-refractivity contribution >= 4 is 34.9 Å². The van der Waals surface area contributed by atoms with Crippen LogP contribution in [0.15, 0.2) is 6.07 Å². The topological polar surface area (TPSA) is 55.3 Å². The maximum absolute atomic E-state index is 11.8. The van der Waals surface area contributed by atoms with E-state index in [0.29, 0.717) is 18.3 Å². The van der Waals surface area contributed by atoms with Crippen LogP contribution in [0.1, 0.15) is 19.8 Å². The van der Waals surface area contributed by atoms with Crippen molar-refractivity contribution < 1.29 is 9.53 Å². The molecule has 1 aliphatic heterocycles. The molecule has 7 heteroatoms. The highest BCUT2D eigenvalue weighted by Gasteiger charge is 2.28. The van der Waals surface area contributed by atoms with Gasteiger partial charge < -0.3 is 9.64 Å². The standard InChI is InChI=1S/C12H15Cl2N3O2/c1-2-19-12(18)8-4-3-5-17(7-8)9-6-10(13)15-16-11(9)14/h6,8H,2-5,7H2,1H3. The van der Waals surface area contributed by atoms with Crippen molar-refractivity contribution in [2.45, 2.75) is 19.8 Å². The number of ether oxygens (including phenoxy) is 1. The summed E-state index contributed by atoms with van der Waals surface area (Å²) in [6.07, 6.45) is 1.74. The van der Waals surface area contributed by atoms with Gasteiger partial charge in [0.1, 0.15) is 0 Å². The molecule has 2 rings (SSSR count). The van der Waals surface area contributed by atoms with Crippen molar-refractivity contribution in [3.8, 4) is 0 Å². The molecule has 1 atom stereocenters. The maximum Gasteiger partial charge on any atom is 0.310 e. The molecule has 0 spiro atoms. The van der Waals surface area contributed by atoms with Crippen molar-refractivity contribution in [3.05, 3.63) is 16.4 Å². The molecular formula is C12H15Cl2N3O2. The van der Waals surface area contributed by atoms with Gasteiger partial charge in [-0.3, -0.25) is 4.79 Å². The smallest absolute Gasteiger partial charge is 0.310 e. The highest BCUT2D eigenvalue weighted by Crippen LogP contribution is 2.29. The minimum atomic E-state index is -0.156. The van der Waals surface area contributed by atoms with Gasteiger partial charge in [-0.15, -0.1) is 10.2 Å². The molecule has 1 aromatic heterocycles. The number of hydrogen-bond acceptors (Lipinski definition) is 5. The lowest BCUT2D eigenvalue weighted by Gasteiger charge is -2.33. The van der Waals surface area contributed by atoms with Crippen molar-refractivity contribution in [2.75, 3.05) is 24.6 Å². The molecule has 1 fully saturated rings. The van der Waals surface area contributed by atoms with Crippen LogP contribution in [0.5, 0.6) is 0 Å². The van der Waals surface area contributed by atoms with Gasteiger partial charge in [0.2, 0.25) is 0 Å². The van der Waals surface area contributed by atoms with Crippen LogP contribution in [0.4, 0.5) is 5.69 Å². The zero-order chi connectivity index (χ0) is 13.8. The van der Waals surface area contributed by atoms with Gasteiger partial charge >= 0.3 is 5.97 Å². The molecule has 0 saturated carbocycles. The first-order valence-electron chi connectivity index (χ1n) is 6.22. The van der Waals surface area contributed by atoms with E-state index in [1.54, 1.807) is 6.07 Å². The molecule has 2 heterocycles. The summed E-state index contributed by atoms with van der Waals surface area (Å²) in [5.41, 5.74) is 0.718. The predicted molar refractivity (Wildman–Crippen MR) is 73.6 cm³/mol. The van der Waals surface area contributed by atoms with Gasteiger partial charge in [-0.1, -0.05) is 23.2 Å². The maximum atomic E-state index is 11.8. The Morgan fingerprint density at radius 2 is 2.32 bits per heavy atom. The minimum Gasteiger partial charge on any atom is -0.466 e. The van der Waals surface area contributed by atoms with Gasteiger partial charge in [0.25, 0.3) is 0 Å². The highest BCUT2D eigenvalue weighted by atomic mass is 35.5. The Kier molecular flexibility index (Phi) is 4.82. The van der Waals surface area contributed by atoms with E-state index in [-0.39, 0.29) is 17.0 Å². The summed E-state index contributed by atoms with van der Waals surface area (Å²) < 4.78 is 5.07. The van der Waals surface area contributed by atoms with E-state index in [4.69, 9.17) is 27.9 Å². The zero-order valence-electron chi connectivity index (χ0n) is 10.6. The molecule has 1 aromatic rings. The van der Waals surface area contributed by atoms with Crippen LogP contribution in [-0.2, 0) is 9.53 Å². The minimum absolute atomic E-state index is 0.128. The summed E-state index contributed by atoms with van der Waals surface area (Å²) in [5.74, 6) is -0.284. The fourth-order valence-corrected chi connectivity index (χ4v) is 2.57. The third kappa shape index (κ3) is 3.48. The number of halogens is 2. The van der Waals surface area contributed by atoms with E-state index >= 15 is 0 Å². The highest BCUT2D eigenvalue weighted by molar-refractivity contribution is 6.33. The van der Waals surface area contributed by atoms with Crippen LogP contribution in [0.25, 0.3) is 0 Å². The quantitative estimate of drug-likeness (QED) is 0.803. The van der Waals surface area contributed by atoms with E-state index < -0.39 is 0 Å². The summed E-state index contributed by atoms with van der Waals surface area (Å²) in [4.78, 5) is 13.8. The molecule has 5 nitrogen and oxygen atoms in total. The van der Waals surface area contributed by atoms with Crippen LogP contribution in [0.2, 0.25) is 10.3 Å². The largest absolute Gasteiger partial charge is 0.466 e. The molecule has 1 aliphatic rings. The van der Waals surface area contributed by atoms with Crippen LogP contribution in [0.3, 0.4) is 0 Å². The fraction of sp³-hybridized carbons (Fsp3) is 0.583. The number of carbonyl (C=O) groups excluding carboxylic acids is 1. The molecule has 0 bridgehead atoms. The van der Waals surface area contributed by atoms with Crippen molar-refractivity contribution in [3.63, 3.8) is 0 Å². The monoisotopic (exact) mass is 303 g/mol. The van der Waals surface area contributed by atoms with Gasteiger partial charge in [-0.05, 0) is 19.8 Å². The van der Waals surface area contributed by atoms with Crippen molar-refractivity contribution in [2.24, 2.45) is 5.92 Å². The third-order valence-electron chi connectivity index (χ3n) is 3.08. The van der Waals surface area contributed by atoms with Gasteiger partial charge in [-0.25, -0.2) is 0 Å². The Morgan fingerprint density at radius 1 is 1.53 bits per heavy atom. The molecule has 0 aliphatic carbocycles. The van der Waals surface area contributed by atoms with Crippen molar-refractivity contribution in [1.82, 2.24) is 10.2 Å². The molecule has 1 unspecified atom stereocenters. The molecule has 0 radical (unpaired) electrons. The molecule has 19 heavy (non-hydrogen) atoms. The number of anilines is 1. The van der Waals surface area contributed by atoms with Gasteiger partial charge in [0.15, 0.2) is 10.3 Å². The number of nitrogens with zero attached hydrogens (tertiary/aromatic N) is 3. The van der Waals surface area contributed by atoms with Crippen LogP contribution < -0.4 is 4.90 Å². The number of rotatable bonds is 3. The second-order valence-corrected chi connectivity index (χ2v) is 5.13. The average molecular weight is 304 g/mol. The molecule has 0 amide bonds. The number of piperidine rings is 1. The average Bonchev–Trinajstić information content (AvgIpc) is 2.42.